The number of hydrogen-bond acceptors (Lipinski definition) is 5. The van der Waals surface area contributed by atoms with Gasteiger partial charge in [0.25, 0.3) is 5.56 Å². The Morgan fingerprint density at radius 1 is 1.11 bits per heavy atom. The van der Waals surface area contributed by atoms with Crippen LogP contribution in [0.1, 0.15) is 16.7 Å². The van der Waals surface area contributed by atoms with E-state index in [0.717, 1.165) is 21.3 Å². The van der Waals surface area contributed by atoms with Crippen LogP contribution in [0.3, 0.4) is 0 Å². The van der Waals surface area contributed by atoms with Crippen molar-refractivity contribution in [2.45, 2.75) is 26.6 Å². The molecule has 0 aliphatic carbocycles. The summed E-state index contributed by atoms with van der Waals surface area (Å²) in [6.07, 6.45) is 3.12. The molecular weight excluding hydrogens is 342 g/mol. The lowest BCUT2D eigenvalue weighted by atomic mass is 10.1. The van der Waals surface area contributed by atoms with Crippen molar-refractivity contribution in [3.05, 3.63) is 86.3 Å². The van der Waals surface area contributed by atoms with E-state index in [1.54, 1.807) is 12.3 Å². The molecule has 7 nitrogen and oxygen atoms in total. The fourth-order valence-corrected chi connectivity index (χ4v) is 3.44. The Kier molecular flexibility index (Phi) is 4.09. The molecule has 3 heterocycles. The molecule has 0 radical (unpaired) electrons. The van der Waals surface area contributed by atoms with Gasteiger partial charge in [0.15, 0.2) is 0 Å². The summed E-state index contributed by atoms with van der Waals surface area (Å²) in [5.74, 6) is 0.458. The average Bonchev–Trinajstić information content (AvgIpc) is 3.08. The molecule has 1 aliphatic rings. The Bertz CT molecular complexity index is 1160. The van der Waals surface area contributed by atoms with E-state index in [2.05, 4.69) is 4.98 Å². The van der Waals surface area contributed by atoms with E-state index in [0.29, 0.717) is 24.6 Å². The molecule has 0 bridgehead atoms. The van der Waals surface area contributed by atoms with Gasteiger partial charge >= 0.3 is 5.69 Å². The third kappa shape index (κ3) is 2.91. The van der Waals surface area contributed by atoms with Gasteiger partial charge in [-0.1, -0.05) is 24.3 Å². The minimum Gasteiger partial charge on any atom is -0.349 e. The summed E-state index contributed by atoms with van der Waals surface area (Å²) in [4.78, 5) is 31.8. The van der Waals surface area contributed by atoms with Crippen LogP contribution in [-0.4, -0.2) is 14.1 Å². The SMILES string of the molecule is Cc1cncc(-n2c(=O)cc(N3Cc4ccccc4C3)n(CC#N)c2=O)c1. The number of pyridine rings is 1. The first-order valence-corrected chi connectivity index (χ1v) is 8.56. The summed E-state index contributed by atoms with van der Waals surface area (Å²) in [5.41, 5.74) is 2.56. The van der Waals surface area contributed by atoms with Crippen LogP contribution in [0.4, 0.5) is 5.82 Å². The fraction of sp³-hybridized carbons (Fsp3) is 0.200. The van der Waals surface area contributed by atoms with E-state index in [1.165, 1.54) is 16.8 Å². The van der Waals surface area contributed by atoms with Crippen LogP contribution in [-0.2, 0) is 19.6 Å². The van der Waals surface area contributed by atoms with Gasteiger partial charge in [0.1, 0.15) is 12.4 Å². The monoisotopic (exact) mass is 359 g/mol. The number of aryl methyl sites for hydroxylation is 1. The summed E-state index contributed by atoms with van der Waals surface area (Å²) in [7, 11) is 0. The van der Waals surface area contributed by atoms with Crippen molar-refractivity contribution in [3.63, 3.8) is 0 Å². The first kappa shape index (κ1) is 16.8. The summed E-state index contributed by atoms with van der Waals surface area (Å²) in [6, 6.07) is 13.2. The smallest absolute Gasteiger partial charge is 0.338 e. The lowest BCUT2D eigenvalue weighted by molar-refractivity contribution is 0.669. The lowest BCUT2D eigenvalue weighted by Crippen LogP contribution is -2.41. The molecule has 1 aliphatic heterocycles. The lowest BCUT2D eigenvalue weighted by Gasteiger charge is -2.22. The number of rotatable bonds is 3. The molecule has 4 rings (SSSR count). The van der Waals surface area contributed by atoms with Gasteiger partial charge < -0.3 is 4.90 Å². The summed E-state index contributed by atoms with van der Waals surface area (Å²) in [6.45, 7) is 2.89. The number of nitriles is 1. The standard InChI is InChI=1S/C20H17N5O2/c1-14-8-17(11-22-10-14)25-19(26)9-18(24(7-6-21)20(25)27)23-12-15-4-2-3-5-16(15)13-23/h2-5,8-11H,7,12-13H2,1H3. The highest BCUT2D eigenvalue weighted by Gasteiger charge is 2.23. The minimum absolute atomic E-state index is 0.138. The van der Waals surface area contributed by atoms with Gasteiger partial charge in [-0.25, -0.2) is 9.36 Å². The van der Waals surface area contributed by atoms with Gasteiger partial charge in [0.05, 0.1) is 18.0 Å². The van der Waals surface area contributed by atoms with Crippen LogP contribution in [0.15, 0.2) is 58.4 Å². The number of fused-ring (bicyclic) bond motifs is 1. The van der Waals surface area contributed by atoms with Gasteiger partial charge in [-0.2, -0.15) is 5.26 Å². The van der Waals surface area contributed by atoms with Crippen molar-refractivity contribution in [1.82, 2.24) is 14.1 Å². The zero-order valence-corrected chi connectivity index (χ0v) is 14.8. The number of aromatic nitrogens is 3. The van der Waals surface area contributed by atoms with E-state index < -0.39 is 11.2 Å². The van der Waals surface area contributed by atoms with Crippen molar-refractivity contribution in [1.29, 1.82) is 5.26 Å². The van der Waals surface area contributed by atoms with Gasteiger partial charge in [-0.3, -0.25) is 14.3 Å². The van der Waals surface area contributed by atoms with Gasteiger partial charge in [0, 0.05) is 25.4 Å². The number of nitrogens with zero attached hydrogens (tertiary/aromatic N) is 5. The van der Waals surface area contributed by atoms with Crippen molar-refractivity contribution < 1.29 is 0 Å². The zero-order valence-electron chi connectivity index (χ0n) is 14.8. The third-order valence-electron chi connectivity index (χ3n) is 4.68. The third-order valence-corrected chi connectivity index (χ3v) is 4.68. The molecule has 27 heavy (non-hydrogen) atoms. The van der Waals surface area contributed by atoms with Gasteiger partial charge in [-0.15, -0.1) is 0 Å². The molecule has 0 spiro atoms. The maximum Gasteiger partial charge on any atom is 0.338 e. The second-order valence-electron chi connectivity index (χ2n) is 6.55. The number of benzene rings is 1. The topological polar surface area (TPSA) is 83.9 Å². The maximum atomic E-state index is 13.1. The molecule has 0 unspecified atom stereocenters. The Morgan fingerprint density at radius 2 is 1.81 bits per heavy atom. The van der Waals surface area contributed by atoms with Crippen molar-refractivity contribution in [3.8, 4) is 11.8 Å². The summed E-state index contributed by atoms with van der Waals surface area (Å²) in [5, 5.41) is 9.23. The summed E-state index contributed by atoms with van der Waals surface area (Å²) >= 11 is 0. The van der Waals surface area contributed by atoms with Gasteiger partial charge in [0.2, 0.25) is 0 Å². The molecular formula is C20H17N5O2. The molecule has 2 aromatic heterocycles. The van der Waals surface area contributed by atoms with E-state index >= 15 is 0 Å². The molecule has 134 valence electrons. The average molecular weight is 359 g/mol. The Morgan fingerprint density at radius 3 is 2.44 bits per heavy atom. The van der Waals surface area contributed by atoms with Crippen LogP contribution in [0.5, 0.6) is 0 Å². The maximum absolute atomic E-state index is 13.1. The summed E-state index contributed by atoms with van der Waals surface area (Å²) < 4.78 is 2.40. The van der Waals surface area contributed by atoms with Crippen molar-refractivity contribution in [2.24, 2.45) is 0 Å². The highest BCUT2D eigenvalue weighted by molar-refractivity contribution is 5.48. The molecule has 0 atom stereocenters. The molecule has 0 amide bonds. The van der Waals surface area contributed by atoms with E-state index in [9.17, 15) is 14.9 Å². The van der Waals surface area contributed by atoms with Crippen molar-refractivity contribution >= 4 is 5.82 Å². The highest BCUT2D eigenvalue weighted by Crippen LogP contribution is 2.26. The minimum atomic E-state index is -0.539. The molecule has 7 heteroatoms. The number of hydrogen-bond donors (Lipinski definition) is 0. The number of anilines is 1. The van der Waals surface area contributed by atoms with Crippen LogP contribution in [0.25, 0.3) is 5.69 Å². The second kappa shape index (κ2) is 6.57. The Hall–Kier alpha value is -3.66. The molecule has 3 aromatic rings. The fourth-order valence-electron chi connectivity index (χ4n) is 3.44. The molecule has 0 fully saturated rings. The Labute approximate surface area is 155 Å². The zero-order chi connectivity index (χ0) is 19.0. The predicted octanol–water partition coefficient (Wildman–Crippen LogP) is 1.75. The predicted molar refractivity (Wildman–Crippen MR) is 101 cm³/mol. The van der Waals surface area contributed by atoms with E-state index in [4.69, 9.17) is 0 Å². The van der Waals surface area contributed by atoms with E-state index in [1.807, 2.05) is 42.2 Å². The van der Waals surface area contributed by atoms with E-state index in [-0.39, 0.29) is 6.54 Å². The largest absolute Gasteiger partial charge is 0.349 e. The molecule has 0 saturated carbocycles. The first-order valence-electron chi connectivity index (χ1n) is 8.56. The highest BCUT2D eigenvalue weighted by atomic mass is 16.2. The van der Waals surface area contributed by atoms with Crippen LogP contribution in [0.2, 0.25) is 0 Å². The Balaban J connectivity index is 1.86. The molecule has 0 N–H and O–H groups in total. The molecule has 1 aromatic carbocycles. The quantitative estimate of drug-likeness (QED) is 0.711. The van der Waals surface area contributed by atoms with Crippen LogP contribution >= 0.6 is 0 Å². The molecule has 0 saturated heterocycles. The second-order valence-corrected chi connectivity index (χ2v) is 6.55. The van der Waals surface area contributed by atoms with Crippen molar-refractivity contribution in [2.75, 3.05) is 4.90 Å². The van der Waals surface area contributed by atoms with Crippen LogP contribution < -0.4 is 16.1 Å². The van der Waals surface area contributed by atoms with Crippen LogP contribution in [0, 0.1) is 18.3 Å². The first-order chi connectivity index (χ1) is 13.1. The van der Waals surface area contributed by atoms with Gasteiger partial charge in [-0.05, 0) is 29.7 Å². The normalized spacial score (nSPS) is 12.7.